The number of rotatable bonds is 2. The predicted molar refractivity (Wildman–Crippen MR) is 105 cm³/mol. The minimum Gasteiger partial charge on any atom is -0.482 e. The fourth-order valence-electron chi connectivity index (χ4n) is 3.56. The molecule has 4 rings (SSSR count). The molecule has 2 aliphatic rings. The van der Waals surface area contributed by atoms with Gasteiger partial charge in [0.1, 0.15) is 5.75 Å². The first-order valence-electron chi connectivity index (χ1n) is 8.86. The van der Waals surface area contributed by atoms with Crippen molar-refractivity contribution >= 4 is 34.9 Å². The second kappa shape index (κ2) is 7.12. The molecule has 2 aromatic carbocycles. The van der Waals surface area contributed by atoms with Crippen LogP contribution >= 0.6 is 11.6 Å². The average molecular weight is 386 g/mol. The molecule has 2 heterocycles. The maximum Gasteiger partial charge on any atom is 0.321 e. The van der Waals surface area contributed by atoms with Crippen LogP contribution in [0.15, 0.2) is 42.5 Å². The number of likely N-dealkylation sites (tertiary alicyclic amines) is 1. The van der Waals surface area contributed by atoms with Crippen LogP contribution in [0.5, 0.6) is 5.75 Å². The van der Waals surface area contributed by atoms with Crippen LogP contribution in [-0.2, 0) is 4.79 Å². The van der Waals surface area contributed by atoms with Gasteiger partial charge in [0.15, 0.2) is 6.61 Å². The van der Waals surface area contributed by atoms with Gasteiger partial charge in [0.05, 0.1) is 5.69 Å². The van der Waals surface area contributed by atoms with E-state index in [9.17, 15) is 9.59 Å². The Morgan fingerprint density at radius 2 is 2.07 bits per heavy atom. The fraction of sp³-hybridized carbons (Fsp3) is 0.300. The summed E-state index contributed by atoms with van der Waals surface area (Å²) in [6.07, 6.45) is 0.881. The summed E-state index contributed by atoms with van der Waals surface area (Å²) in [5.41, 5.74) is 2.37. The standard InChI is InChI=1S/C20H20ClN3O3/c1-23-17-10-14(6-7-18(17)27-12-19(23)25)22-20(26)24-9-8-13(11-24)15-4-2-3-5-16(15)21/h2-7,10,13H,8-9,11-12H2,1H3,(H,22,26). The maximum atomic E-state index is 12.7. The molecule has 7 heteroatoms. The molecular weight excluding hydrogens is 366 g/mol. The third-order valence-electron chi connectivity index (χ3n) is 5.12. The highest BCUT2D eigenvalue weighted by molar-refractivity contribution is 6.31. The molecule has 1 saturated heterocycles. The Morgan fingerprint density at radius 1 is 1.26 bits per heavy atom. The van der Waals surface area contributed by atoms with Crippen LogP contribution < -0.4 is 15.0 Å². The predicted octanol–water partition coefficient (Wildman–Crippen LogP) is 3.72. The lowest BCUT2D eigenvalue weighted by molar-refractivity contribution is -0.120. The summed E-state index contributed by atoms with van der Waals surface area (Å²) < 4.78 is 5.41. The molecule has 1 unspecified atom stereocenters. The van der Waals surface area contributed by atoms with Crippen molar-refractivity contribution in [3.63, 3.8) is 0 Å². The molecule has 2 aromatic rings. The lowest BCUT2D eigenvalue weighted by Crippen LogP contribution is -2.36. The zero-order valence-electron chi connectivity index (χ0n) is 14.9. The third-order valence-corrected chi connectivity index (χ3v) is 5.46. The number of benzene rings is 2. The van der Waals surface area contributed by atoms with E-state index in [1.54, 1.807) is 30.1 Å². The van der Waals surface area contributed by atoms with E-state index < -0.39 is 0 Å². The number of fused-ring (bicyclic) bond motifs is 1. The molecule has 1 fully saturated rings. The number of nitrogens with one attached hydrogen (secondary N) is 1. The molecule has 0 radical (unpaired) electrons. The summed E-state index contributed by atoms with van der Waals surface area (Å²) in [5, 5.41) is 3.66. The summed E-state index contributed by atoms with van der Waals surface area (Å²) in [6.45, 7) is 1.34. The van der Waals surface area contributed by atoms with Crippen LogP contribution in [0, 0.1) is 0 Å². The van der Waals surface area contributed by atoms with Crippen LogP contribution in [0.4, 0.5) is 16.2 Å². The second-order valence-corrected chi connectivity index (χ2v) is 7.21. The van der Waals surface area contributed by atoms with Crippen LogP contribution in [0.25, 0.3) is 0 Å². The summed E-state index contributed by atoms with van der Waals surface area (Å²) in [4.78, 5) is 27.8. The first kappa shape index (κ1) is 17.7. The van der Waals surface area contributed by atoms with Crippen LogP contribution in [-0.4, -0.2) is 43.6 Å². The van der Waals surface area contributed by atoms with Gasteiger partial charge < -0.3 is 19.9 Å². The van der Waals surface area contributed by atoms with Gasteiger partial charge >= 0.3 is 6.03 Å². The van der Waals surface area contributed by atoms with Gasteiger partial charge in [0.25, 0.3) is 5.91 Å². The summed E-state index contributed by atoms with van der Waals surface area (Å²) in [6, 6.07) is 12.9. The van der Waals surface area contributed by atoms with Crippen molar-refractivity contribution in [2.24, 2.45) is 0 Å². The van der Waals surface area contributed by atoms with Crippen molar-refractivity contribution < 1.29 is 14.3 Å². The van der Waals surface area contributed by atoms with Gasteiger partial charge in [-0.3, -0.25) is 4.79 Å². The van der Waals surface area contributed by atoms with E-state index in [0.717, 1.165) is 17.0 Å². The van der Waals surface area contributed by atoms with Gasteiger partial charge in [-0.25, -0.2) is 4.79 Å². The quantitative estimate of drug-likeness (QED) is 0.857. The fourth-order valence-corrected chi connectivity index (χ4v) is 3.85. The molecule has 0 bridgehead atoms. The SMILES string of the molecule is CN1C(=O)COc2ccc(NC(=O)N3CCC(c4ccccc4Cl)C3)cc21. The number of likely N-dealkylation sites (N-methyl/N-ethyl adjacent to an activating group) is 1. The van der Waals surface area contributed by atoms with E-state index >= 15 is 0 Å². The summed E-state index contributed by atoms with van der Waals surface area (Å²) >= 11 is 6.29. The topological polar surface area (TPSA) is 61.9 Å². The lowest BCUT2D eigenvalue weighted by atomic mass is 9.98. The van der Waals surface area contributed by atoms with E-state index in [1.165, 1.54) is 4.90 Å². The van der Waals surface area contributed by atoms with Gasteiger partial charge in [-0.05, 0) is 36.2 Å². The Morgan fingerprint density at radius 3 is 2.89 bits per heavy atom. The zero-order chi connectivity index (χ0) is 19.0. The number of hydrogen-bond donors (Lipinski definition) is 1. The Kier molecular flexibility index (Phi) is 4.66. The highest BCUT2D eigenvalue weighted by atomic mass is 35.5. The van der Waals surface area contributed by atoms with Gasteiger partial charge in [0.2, 0.25) is 0 Å². The van der Waals surface area contributed by atoms with Crippen LogP contribution in [0.1, 0.15) is 17.9 Å². The molecule has 27 heavy (non-hydrogen) atoms. The molecule has 0 aromatic heterocycles. The average Bonchev–Trinajstić information content (AvgIpc) is 3.15. The molecule has 1 atom stereocenters. The minimum atomic E-state index is -0.157. The number of ether oxygens (including phenoxy) is 1. The molecule has 0 spiro atoms. The second-order valence-electron chi connectivity index (χ2n) is 6.81. The van der Waals surface area contributed by atoms with E-state index in [2.05, 4.69) is 5.32 Å². The number of urea groups is 1. The minimum absolute atomic E-state index is 0.0341. The lowest BCUT2D eigenvalue weighted by Gasteiger charge is -2.26. The van der Waals surface area contributed by atoms with Crippen molar-refractivity contribution in [3.8, 4) is 5.75 Å². The number of halogens is 1. The Bertz CT molecular complexity index is 902. The highest BCUT2D eigenvalue weighted by Crippen LogP contribution is 2.35. The molecule has 0 aliphatic carbocycles. The number of hydrogen-bond acceptors (Lipinski definition) is 3. The zero-order valence-corrected chi connectivity index (χ0v) is 15.7. The van der Waals surface area contributed by atoms with Gasteiger partial charge in [-0.1, -0.05) is 29.8 Å². The van der Waals surface area contributed by atoms with Gasteiger partial charge in [0, 0.05) is 36.8 Å². The van der Waals surface area contributed by atoms with Crippen molar-refractivity contribution in [3.05, 3.63) is 53.1 Å². The van der Waals surface area contributed by atoms with E-state index in [4.69, 9.17) is 16.3 Å². The molecule has 140 valence electrons. The van der Waals surface area contributed by atoms with Crippen molar-refractivity contribution in [1.29, 1.82) is 0 Å². The Balaban J connectivity index is 1.44. The number of carbonyl (C=O) groups excluding carboxylic acids is 2. The molecule has 1 N–H and O–H groups in total. The molecule has 0 saturated carbocycles. The molecular formula is C20H20ClN3O3. The Hall–Kier alpha value is -2.73. The smallest absolute Gasteiger partial charge is 0.321 e. The first-order chi connectivity index (χ1) is 13.0. The number of amides is 3. The summed E-state index contributed by atoms with van der Waals surface area (Å²) in [7, 11) is 1.70. The molecule has 2 aliphatic heterocycles. The Labute approximate surface area is 162 Å². The van der Waals surface area contributed by atoms with Gasteiger partial charge in [-0.2, -0.15) is 0 Å². The largest absolute Gasteiger partial charge is 0.482 e. The van der Waals surface area contributed by atoms with E-state index in [1.807, 2.05) is 24.3 Å². The van der Waals surface area contributed by atoms with Crippen molar-refractivity contribution in [2.75, 3.05) is 37.0 Å². The number of carbonyl (C=O) groups is 2. The monoisotopic (exact) mass is 385 g/mol. The van der Waals surface area contributed by atoms with Gasteiger partial charge in [-0.15, -0.1) is 0 Å². The van der Waals surface area contributed by atoms with Crippen LogP contribution in [0.3, 0.4) is 0 Å². The van der Waals surface area contributed by atoms with E-state index in [-0.39, 0.29) is 24.5 Å². The van der Waals surface area contributed by atoms with Crippen molar-refractivity contribution in [1.82, 2.24) is 4.90 Å². The number of anilines is 2. The molecule has 3 amide bonds. The normalized spacial score (nSPS) is 18.9. The summed E-state index contributed by atoms with van der Waals surface area (Å²) in [5.74, 6) is 0.758. The maximum absolute atomic E-state index is 12.7. The van der Waals surface area contributed by atoms with Crippen LogP contribution in [0.2, 0.25) is 5.02 Å². The highest BCUT2D eigenvalue weighted by Gasteiger charge is 2.29. The molecule has 6 nitrogen and oxygen atoms in total. The third kappa shape index (κ3) is 3.45. The number of nitrogens with zero attached hydrogens (tertiary/aromatic N) is 2. The van der Waals surface area contributed by atoms with E-state index in [0.29, 0.717) is 30.2 Å². The first-order valence-corrected chi connectivity index (χ1v) is 9.24. The van der Waals surface area contributed by atoms with Crippen molar-refractivity contribution in [2.45, 2.75) is 12.3 Å².